The molecule has 0 saturated carbocycles. The predicted octanol–water partition coefficient (Wildman–Crippen LogP) is 4.42. The van der Waals surface area contributed by atoms with Gasteiger partial charge in [-0.25, -0.2) is 4.98 Å². The first kappa shape index (κ1) is 21.3. The standard InChI is InChI=1S/C25H29ClN4O2/c1-16-3-5-20(6-4-16)30-23-14-21(26)17(2)13-22(23)28-25(30)29-10-7-18(8-11-29)24(31)27-19-9-12-32-15-19/h3-6,13-14,18-19H,7-12,15H2,1-2H3,(H,27,31)/t19-/m0/s1. The Morgan fingerprint density at radius 2 is 1.88 bits per heavy atom. The number of amides is 1. The topological polar surface area (TPSA) is 59.4 Å². The van der Waals surface area contributed by atoms with Crippen LogP contribution < -0.4 is 10.2 Å². The molecule has 2 aliphatic rings. The summed E-state index contributed by atoms with van der Waals surface area (Å²) in [6, 6.07) is 12.7. The zero-order valence-electron chi connectivity index (χ0n) is 18.6. The number of fused-ring (bicyclic) bond motifs is 1. The second kappa shape index (κ2) is 8.75. The van der Waals surface area contributed by atoms with Gasteiger partial charge in [0, 0.05) is 36.3 Å². The Kier molecular flexibility index (Phi) is 5.82. The van der Waals surface area contributed by atoms with E-state index in [-0.39, 0.29) is 17.9 Å². The normalized spacial score (nSPS) is 19.6. The number of carbonyl (C=O) groups is 1. The summed E-state index contributed by atoms with van der Waals surface area (Å²) in [4.78, 5) is 20.0. The summed E-state index contributed by atoms with van der Waals surface area (Å²) in [5, 5.41) is 3.90. The van der Waals surface area contributed by atoms with Gasteiger partial charge in [0.2, 0.25) is 11.9 Å². The van der Waals surface area contributed by atoms with Gasteiger partial charge >= 0.3 is 0 Å². The molecule has 32 heavy (non-hydrogen) atoms. The van der Waals surface area contributed by atoms with E-state index in [1.807, 2.05) is 13.0 Å². The molecule has 7 heteroatoms. The van der Waals surface area contributed by atoms with E-state index in [4.69, 9.17) is 21.3 Å². The molecule has 2 saturated heterocycles. The first-order valence-corrected chi connectivity index (χ1v) is 11.8. The van der Waals surface area contributed by atoms with E-state index in [1.165, 1.54) is 5.56 Å². The van der Waals surface area contributed by atoms with Gasteiger partial charge in [-0.1, -0.05) is 29.3 Å². The molecular formula is C25H29ClN4O2. The number of ether oxygens (including phenoxy) is 1. The minimum absolute atomic E-state index is 0.0424. The second-order valence-electron chi connectivity index (χ2n) is 9.00. The SMILES string of the molecule is Cc1ccc(-n2c(N3CCC(C(=O)N[C@H]4CCOC4)CC3)nc3cc(C)c(Cl)cc32)cc1. The minimum Gasteiger partial charge on any atom is -0.379 e. The van der Waals surface area contributed by atoms with Crippen LogP contribution >= 0.6 is 11.6 Å². The van der Waals surface area contributed by atoms with E-state index in [9.17, 15) is 4.79 Å². The molecule has 1 amide bonds. The molecule has 168 valence electrons. The second-order valence-corrected chi connectivity index (χ2v) is 9.41. The monoisotopic (exact) mass is 452 g/mol. The number of nitrogens with zero attached hydrogens (tertiary/aromatic N) is 3. The lowest BCUT2D eigenvalue weighted by atomic mass is 9.95. The summed E-state index contributed by atoms with van der Waals surface area (Å²) in [7, 11) is 0. The Morgan fingerprint density at radius 3 is 2.56 bits per heavy atom. The number of nitrogens with one attached hydrogen (secondary N) is 1. The highest BCUT2D eigenvalue weighted by atomic mass is 35.5. The molecule has 1 aromatic heterocycles. The number of imidazole rings is 1. The van der Waals surface area contributed by atoms with E-state index in [0.29, 0.717) is 6.61 Å². The molecule has 6 nitrogen and oxygen atoms in total. The molecule has 1 atom stereocenters. The third kappa shape index (κ3) is 4.09. The summed E-state index contributed by atoms with van der Waals surface area (Å²) < 4.78 is 7.58. The molecule has 1 N–H and O–H groups in total. The molecule has 2 aromatic carbocycles. The Labute approximate surface area is 193 Å². The average molecular weight is 453 g/mol. The van der Waals surface area contributed by atoms with Crippen molar-refractivity contribution in [2.45, 2.75) is 39.2 Å². The number of benzene rings is 2. The Balaban J connectivity index is 1.42. The molecule has 3 aromatic rings. The molecule has 2 aliphatic heterocycles. The molecule has 0 spiro atoms. The van der Waals surface area contributed by atoms with Crippen LogP contribution in [0.1, 0.15) is 30.4 Å². The van der Waals surface area contributed by atoms with Crippen molar-refractivity contribution in [3.05, 3.63) is 52.5 Å². The van der Waals surface area contributed by atoms with Crippen molar-refractivity contribution in [2.24, 2.45) is 5.92 Å². The fourth-order valence-corrected chi connectivity index (χ4v) is 4.82. The molecule has 3 heterocycles. The van der Waals surface area contributed by atoms with Crippen molar-refractivity contribution in [3.63, 3.8) is 0 Å². The number of aryl methyl sites for hydroxylation is 2. The van der Waals surface area contributed by atoms with Crippen molar-refractivity contribution in [3.8, 4) is 5.69 Å². The van der Waals surface area contributed by atoms with Gasteiger partial charge in [-0.3, -0.25) is 9.36 Å². The molecule has 0 aliphatic carbocycles. The quantitative estimate of drug-likeness (QED) is 0.636. The van der Waals surface area contributed by atoms with Crippen LogP contribution in [0, 0.1) is 19.8 Å². The predicted molar refractivity (Wildman–Crippen MR) is 128 cm³/mol. The maximum absolute atomic E-state index is 12.7. The lowest BCUT2D eigenvalue weighted by molar-refractivity contribution is -0.126. The Morgan fingerprint density at radius 1 is 1.12 bits per heavy atom. The minimum atomic E-state index is 0.0424. The van der Waals surface area contributed by atoms with Crippen LogP contribution in [0.4, 0.5) is 5.95 Å². The highest BCUT2D eigenvalue weighted by molar-refractivity contribution is 6.32. The lowest BCUT2D eigenvalue weighted by Gasteiger charge is -2.32. The third-order valence-corrected chi connectivity index (χ3v) is 7.04. The van der Waals surface area contributed by atoms with Gasteiger partial charge in [-0.15, -0.1) is 0 Å². The van der Waals surface area contributed by atoms with Crippen LogP contribution in [-0.2, 0) is 9.53 Å². The highest BCUT2D eigenvalue weighted by Gasteiger charge is 2.30. The molecule has 2 fully saturated rings. The number of halogens is 1. The van der Waals surface area contributed by atoms with Crippen molar-refractivity contribution < 1.29 is 9.53 Å². The largest absolute Gasteiger partial charge is 0.379 e. The summed E-state index contributed by atoms with van der Waals surface area (Å²) in [6.45, 7) is 7.05. The highest BCUT2D eigenvalue weighted by Crippen LogP contribution is 2.33. The van der Waals surface area contributed by atoms with Crippen LogP contribution in [-0.4, -0.2) is 47.8 Å². The molecule has 0 unspecified atom stereocenters. The zero-order valence-corrected chi connectivity index (χ0v) is 19.4. The fraction of sp³-hybridized carbons (Fsp3) is 0.440. The summed E-state index contributed by atoms with van der Waals surface area (Å²) >= 11 is 6.48. The first-order chi connectivity index (χ1) is 15.5. The van der Waals surface area contributed by atoms with Crippen LogP contribution in [0.15, 0.2) is 36.4 Å². The van der Waals surface area contributed by atoms with Gasteiger partial charge in [0.05, 0.1) is 23.7 Å². The zero-order chi connectivity index (χ0) is 22.2. The summed E-state index contributed by atoms with van der Waals surface area (Å²) in [6.07, 6.45) is 2.54. The summed E-state index contributed by atoms with van der Waals surface area (Å²) in [5.74, 6) is 1.11. The Hall–Kier alpha value is -2.57. The number of piperidine rings is 1. The van der Waals surface area contributed by atoms with Crippen LogP contribution in [0.5, 0.6) is 0 Å². The number of anilines is 1. The van der Waals surface area contributed by atoms with Crippen molar-refractivity contribution >= 4 is 34.5 Å². The third-order valence-electron chi connectivity index (χ3n) is 6.63. The maximum Gasteiger partial charge on any atom is 0.223 e. The van der Waals surface area contributed by atoms with E-state index in [0.717, 1.165) is 72.2 Å². The van der Waals surface area contributed by atoms with Crippen LogP contribution in [0.3, 0.4) is 0 Å². The van der Waals surface area contributed by atoms with Crippen LogP contribution in [0.2, 0.25) is 5.02 Å². The first-order valence-electron chi connectivity index (χ1n) is 11.4. The van der Waals surface area contributed by atoms with Crippen molar-refractivity contribution in [2.75, 3.05) is 31.2 Å². The van der Waals surface area contributed by atoms with E-state index in [2.05, 4.69) is 52.0 Å². The van der Waals surface area contributed by atoms with Gasteiger partial charge in [0.1, 0.15) is 0 Å². The van der Waals surface area contributed by atoms with Crippen molar-refractivity contribution in [1.82, 2.24) is 14.9 Å². The van der Waals surface area contributed by atoms with Crippen LogP contribution in [0.25, 0.3) is 16.7 Å². The molecule has 0 bridgehead atoms. The molecular weight excluding hydrogens is 424 g/mol. The van der Waals surface area contributed by atoms with Crippen molar-refractivity contribution in [1.29, 1.82) is 0 Å². The number of hydrogen-bond acceptors (Lipinski definition) is 4. The fourth-order valence-electron chi connectivity index (χ4n) is 4.66. The number of carbonyl (C=O) groups excluding carboxylic acids is 1. The van der Waals surface area contributed by atoms with E-state index < -0.39 is 0 Å². The summed E-state index contributed by atoms with van der Waals surface area (Å²) in [5.41, 5.74) is 5.23. The van der Waals surface area contributed by atoms with Gasteiger partial charge in [-0.2, -0.15) is 0 Å². The van der Waals surface area contributed by atoms with Gasteiger partial charge in [-0.05, 0) is 62.9 Å². The smallest absolute Gasteiger partial charge is 0.223 e. The number of hydrogen-bond donors (Lipinski definition) is 1. The van der Waals surface area contributed by atoms with E-state index >= 15 is 0 Å². The van der Waals surface area contributed by atoms with E-state index in [1.54, 1.807) is 0 Å². The Bertz CT molecular complexity index is 1130. The average Bonchev–Trinajstić information content (AvgIpc) is 3.43. The molecule has 0 radical (unpaired) electrons. The van der Waals surface area contributed by atoms with Gasteiger partial charge in [0.15, 0.2) is 0 Å². The molecule has 5 rings (SSSR count). The van der Waals surface area contributed by atoms with Gasteiger partial charge in [0.25, 0.3) is 0 Å². The lowest BCUT2D eigenvalue weighted by Crippen LogP contribution is -2.44. The number of aromatic nitrogens is 2. The van der Waals surface area contributed by atoms with Gasteiger partial charge < -0.3 is 15.0 Å². The number of rotatable bonds is 4. The maximum atomic E-state index is 12.7.